The Balaban J connectivity index is 3.62. The summed E-state index contributed by atoms with van der Waals surface area (Å²) in [6.07, 6.45) is 5.62. The zero-order valence-electron chi connectivity index (χ0n) is 8.78. The fourth-order valence-electron chi connectivity index (χ4n) is 1.09. The third kappa shape index (κ3) is 7.55. The van der Waals surface area contributed by atoms with Crippen LogP contribution in [0.2, 0.25) is 0 Å². The molecule has 0 spiro atoms. The van der Waals surface area contributed by atoms with Crippen LogP contribution >= 0.6 is 0 Å². The summed E-state index contributed by atoms with van der Waals surface area (Å²) in [6.45, 7) is 10.7. The lowest BCUT2D eigenvalue weighted by Crippen LogP contribution is -2.13. The molecule has 0 aromatic rings. The molecule has 0 saturated carbocycles. The van der Waals surface area contributed by atoms with Gasteiger partial charge in [-0.2, -0.15) is 0 Å². The van der Waals surface area contributed by atoms with Gasteiger partial charge >= 0.3 is 0 Å². The van der Waals surface area contributed by atoms with Gasteiger partial charge in [-0.1, -0.05) is 30.2 Å². The van der Waals surface area contributed by atoms with Gasteiger partial charge in [-0.3, -0.25) is 0 Å². The summed E-state index contributed by atoms with van der Waals surface area (Å²) >= 11 is 0. The van der Waals surface area contributed by atoms with Crippen molar-refractivity contribution in [2.75, 3.05) is 13.1 Å². The Morgan fingerprint density at radius 1 is 1.25 bits per heavy atom. The van der Waals surface area contributed by atoms with Crippen LogP contribution in [0.15, 0.2) is 23.3 Å². The van der Waals surface area contributed by atoms with Gasteiger partial charge in [0.2, 0.25) is 0 Å². The SMILES string of the molecule is CCNCCC=C(C)C=C(C)C. The van der Waals surface area contributed by atoms with E-state index >= 15 is 0 Å². The van der Waals surface area contributed by atoms with Crippen LogP contribution in [0.4, 0.5) is 0 Å². The Kier molecular flexibility index (Phi) is 6.78. The second-order valence-corrected chi connectivity index (χ2v) is 3.31. The quantitative estimate of drug-likeness (QED) is 0.490. The van der Waals surface area contributed by atoms with Crippen LogP contribution in [-0.4, -0.2) is 13.1 Å². The summed E-state index contributed by atoms with van der Waals surface area (Å²) < 4.78 is 0. The molecule has 0 aliphatic rings. The van der Waals surface area contributed by atoms with Crippen molar-refractivity contribution in [1.29, 1.82) is 0 Å². The number of hydrogen-bond donors (Lipinski definition) is 1. The Morgan fingerprint density at radius 2 is 1.92 bits per heavy atom. The van der Waals surface area contributed by atoms with Crippen LogP contribution in [0.25, 0.3) is 0 Å². The van der Waals surface area contributed by atoms with Gasteiger partial charge in [0.05, 0.1) is 0 Å². The molecule has 70 valence electrons. The maximum Gasteiger partial charge on any atom is -0.00142 e. The third-order valence-electron chi connectivity index (χ3n) is 1.55. The number of allylic oxidation sites excluding steroid dienone is 3. The van der Waals surface area contributed by atoms with E-state index in [1.807, 2.05) is 0 Å². The van der Waals surface area contributed by atoms with E-state index in [-0.39, 0.29) is 0 Å². The lowest BCUT2D eigenvalue weighted by Gasteiger charge is -1.97. The van der Waals surface area contributed by atoms with Crippen LogP contribution in [-0.2, 0) is 0 Å². The number of nitrogens with one attached hydrogen (secondary N) is 1. The molecular weight excluding hydrogens is 146 g/mol. The van der Waals surface area contributed by atoms with Gasteiger partial charge in [0.15, 0.2) is 0 Å². The van der Waals surface area contributed by atoms with Gasteiger partial charge in [0, 0.05) is 0 Å². The second-order valence-electron chi connectivity index (χ2n) is 3.31. The fourth-order valence-corrected chi connectivity index (χ4v) is 1.09. The molecule has 0 rings (SSSR count). The summed E-state index contributed by atoms with van der Waals surface area (Å²) in [6, 6.07) is 0. The van der Waals surface area contributed by atoms with E-state index in [0.29, 0.717) is 0 Å². The summed E-state index contributed by atoms with van der Waals surface area (Å²) in [5.41, 5.74) is 2.74. The zero-order valence-corrected chi connectivity index (χ0v) is 8.78. The average Bonchev–Trinajstić information content (AvgIpc) is 1.97. The van der Waals surface area contributed by atoms with Gasteiger partial charge in [0.1, 0.15) is 0 Å². The third-order valence-corrected chi connectivity index (χ3v) is 1.55. The van der Waals surface area contributed by atoms with Crippen LogP contribution in [0.5, 0.6) is 0 Å². The molecule has 1 heteroatoms. The summed E-state index contributed by atoms with van der Waals surface area (Å²) in [5, 5.41) is 3.29. The van der Waals surface area contributed by atoms with Crippen LogP contribution < -0.4 is 5.32 Å². The first-order chi connectivity index (χ1) is 5.66. The van der Waals surface area contributed by atoms with Crippen molar-refractivity contribution in [3.8, 4) is 0 Å². The molecule has 0 unspecified atom stereocenters. The van der Waals surface area contributed by atoms with E-state index in [1.165, 1.54) is 11.1 Å². The van der Waals surface area contributed by atoms with Gasteiger partial charge in [-0.05, 0) is 40.3 Å². The Morgan fingerprint density at radius 3 is 2.42 bits per heavy atom. The molecule has 0 aromatic carbocycles. The summed E-state index contributed by atoms with van der Waals surface area (Å²) in [5.74, 6) is 0. The van der Waals surface area contributed by atoms with E-state index < -0.39 is 0 Å². The van der Waals surface area contributed by atoms with Crippen molar-refractivity contribution in [2.24, 2.45) is 0 Å². The predicted octanol–water partition coefficient (Wildman–Crippen LogP) is 2.90. The maximum atomic E-state index is 3.29. The largest absolute Gasteiger partial charge is 0.317 e. The molecule has 0 fully saturated rings. The predicted molar refractivity (Wildman–Crippen MR) is 56.3 cm³/mol. The van der Waals surface area contributed by atoms with Gasteiger partial charge in [-0.15, -0.1) is 0 Å². The first-order valence-corrected chi connectivity index (χ1v) is 4.69. The first kappa shape index (κ1) is 11.4. The molecule has 1 N–H and O–H groups in total. The molecule has 1 nitrogen and oxygen atoms in total. The molecule has 0 amide bonds. The van der Waals surface area contributed by atoms with Gasteiger partial charge in [-0.25, -0.2) is 0 Å². The molecule has 0 saturated heterocycles. The van der Waals surface area contributed by atoms with Crippen molar-refractivity contribution >= 4 is 0 Å². The topological polar surface area (TPSA) is 12.0 Å². The van der Waals surface area contributed by atoms with Gasteiger partial charge in [0.25, 0.3) is 0 Å². The van der Waals surface area contributed by atoms with Crippen LogP contribution in [0.1, 0.15) is 34.1 Å². The Hall–Kier alpha value is -0.560. The highest BCUT2D eigenvalue weighted by Crippen LogP contribution is 2.01. The molecule has 0 heterocycles. The highest BCUT2D eigenvalue weighted by atomic mass is 14.8. The van der Waals surface area contributed by atoms with E-state index in [1.54, 1.807) is 0 Å². The average molecular weight is 167 g/mol. The highest BCUT2D eigenvalue weighted by Gasteiger charge is 1.84. The minimum Gasteiger partial charge on any atom is -0.317 e. The first-order valence-electron chi connectivity index (χ1n) is 4.69. The second kappa shape index (κ2) is 7.11. The van der Waals surface area contributed by atoms with Crippen molar-refractivity contribution in [3.63, 3.8) is 0 Å². The van der Waals surface area contributed by atoms with E-state index in [4.69, 9.17) is 0 Å². The van der Waals surface area contributed by atoms with E-state index in [9.17, 15) is 0 Å². The molecule has 0 atom stereocenters. The monoisotopic (exact) mass is 167 g/mol. The summed E-state index contributed by atoms with van der Waals surface area (Å²) in [4.78, 5) is 0. The van der Waals surface area contributed by atoms with Crippen molar-refractivity contribution in [2.45, 2.75) is 34.1 Å². The smallest absolute Gasteiger partial charge is 0.00142 e. The van der Waals surface area contributed by atoms with Crippen LogP contribution in [0, 0.1) is 0 Å². The molecule has 0 aromatic heterocycles. The lowest BCUT2D eigenvalue weighted by atomic mass is 10.2. The van der Waals surface area contributed by atoms with E-state index in [2.05, 4.69) is 45.2 Å². The Labute approximate surface area is 76.6 Å². The fraction of sp³-hybridized carbons (Fsp3) is 0.636. The minimum absolute atomic E-state index is 1.07. The summed E-state index contributed by atoms with van der Waals surface area (Å²) in [7, 11) is 0. The Bertz CT molecular complexity index is 162. The molecule has 0 radical (unpaired) electrons. The molecule has 0 aliphatic heterocycles. The van der Waals surface area contributed by atoms with Crippen molar-refractivity contribution in [1.82, 2.24) is 5.32 Å². The number of rotatable bonds is 5. The molecule has 0 bridgehead atoms. The maximum absolute atomic E-state index is 3.29. The number of hydrogen-bond acceptors (Lipinski definition) is 1. The highest BCUT2D eigenvalue weighted by molar-refractivity contribution is 5.19. The molecular formula is C11H21N. The van der Waals surface area contributed by atoms with Gasteiger partial charge < -0.3 is 5.32 Å². The lowest BCUT2D eigenvalue weighted by molar-refractivity contribution is 0.725. The van der Waals surface area contributed by atoms with Crippen LogP contribution in [0.3, 0.4) is 0 Å². The normalized spacial score (nSPS) is 11.5. The van der Waals surface area contributed by atoms with Crippen molar-refractivity contribution in [3.05, 3.63) is 23.3 Å². The molecule has 12 heavy (non-hydrogen) atoms. The minimum atomic E-state index is 1.07. The van der Waals surface area contributed by atoms with E-state index in [0.717, 1.165) is 19.5 Å². The zero-order chi connectivity index (χ0) is 9.40. The molecule has 0 aliphatic carbocycles. The van der Waals surface area contributed by atoms with Crippen molar-refractivity contribution < 1.29 is 0 Å². The standard InChI is InChI=1S/C11H21N/c1-5-12-8-6-7-11(4)9-10(2)3/h7,9,12H,5-6,8H2,1-4H3.